The molecule has 0 saturated carbocycles. The standard InChI is InChI=1S/C12H19N3O/c1-2-14-10-6-11(8-13-7-10)15-5-3-4-12(16)9-15/h6-8,12,14,16H,2-5,9H2,1H3. The first-order valence-corrected chi connectivity index (χ1v) is 5.91. The molecule has 1 aromatic heterocycles. The summed E-state index contributed by atoms with van der Waals surface area (Å²) in [7, 11) is 0. The molecule has 2 heterocycles. The van der Waals surface area contributed by atoms with Crippen molar-refractivity contribution in [3.05, 3.63) is 18.5 Å². The maximum Gasteiger partial charge on any atom is 0.0715 e. The van der Waals surface area contributed by atoms with Gasteiger partial charge >= 0.3 is 0 Å². The second kappa shape index (κ2) is 5.16. The maximum atomic E-state index is 9.64. The number of anilines is 2. The fraction of sp³-hybridized carbons (Fsp3) is 0.583. The molecule has 2 rings (SSSR count). The lowest BCUT2D eigenvalue weighted by atomic mass is 10.1. The van der Waals surface area contributed by atoms with Gasteiger partial charge in [0.05, 0.1) is 29.9 Å². The minimum atomic E-state index is -0.198. The number of rotatable bonds is 3. The van der Waals surface area contributed by atoms with Gasteiger partial charge in [-0.15, -0.1) is 0 Å². The van der Waals surface area contributed by atoms with E-state index in [0.717, 1.165) is 43.9 Å². The molecule has 1 fully saturated rings. The van der Waals surface area contributed by atoms with Crippen LogP contribution in [0, 0.1) is 0 Å². The van der Waals surface area contributed by atoms with E-state index < -0.39 is 0 Å². The first kappa shape index (κ1) is 11.2. The number of hydrogen-bond acceptors (Lipinski definition) is 4. The van der Waals surface area contributed by atoms with Crippen molar-refractivity contribution in [1.29, 1.82) is 0 Å². The Labute approximate surface area is 96.3 Å². The summed E-state index contributed by atoms with van der Waals surface area (Å²) in [6.07, 6.45) is 5.45. The molecule has 4 heteroatoms. The van der Waals surface area contributed by atoms with Crippen LogP contribution in [0.2, 0.25) is 0 Å². The average Bonchev–Trinajstić information content (AvgIpc) is 2.30. The summed E-state index contributed by atoms with van der Waals surface area (Å²) >= 11 is 0. The van der Waals surface area contributed by atoms with E-state index in [2.05, 4.69) is 28.2 Å². The Morgan fingerprint density at radius 2 is 2.44 bits per heavy atom. The summed E-state index contributed by atoms with van der Waals surface area (Å²) < 4.78 is 0. The number of aliphatic hydroxyl groups excluding tert-OH is 1. The quantitative estimate of drug-likeness (QED) is 0.811. The average molecular weight is 221 g/mol. The van der Waals surface area contributed by atoms with Crippen molar-refractivity contribution in [1.82, 2.24) is 4.98 Å². The van der Waals surface area contributed by atoms with Gasteiger partial charge in [-0.1, -0.05) is 0 Å². The van der Waals surface area contributed by atoms with Gasteiger partial charge in [0.25, 0.3) is 0 Å². The molecule has 0 aliphatic carbocycles. The Morgan fingerprint density at radius 3 is 3.19 bits per heavy atom. The van der Waals surface area contributed by atoms with Crippen LogP contribution in [-0.4, -0.2) is 35.8 Å². The van der Waals surface area contributed by atoms with E-state index in [9.17, 15) is 5.11 Å². The lowest BCUT2D eigenvalue weighted by Crippen LogP contribution is -2.38. The van der Waals surface area contributed by atoms with Crippen LogP contribution in [0.5, 0.6) is 0 Å². The first-order valence-electron chi connectivity index (χ1n) is 5.91. The van der Waals surface area contributed by atoms with Crippen LogP contribution in [0.25, 0.3) is 0 Å². The Kier molecular flexibility index (Phi) is 3.62. The van der Waals surface area contributed by atoms with Crippen molar-refractivity contribution >= 4 is 11.4 Å². The van der Waals surface area contributed by atoms with Crippen molar-refractivity contribution in [3.63, 3.8) is 0 Å². The molecule has 0 aromatic carbocycles. The van der Waals surface area contributed by atoms with Gasteiger partial charge in [-0.3, -0.25) is 4.98 Å². The highest BCUT2D eigenvalue weighted by Gasteiger charge is 2.18. The van der Waals surface area contributed by atoms with E-state index in [1.807, 2.05) is 12.4 Å². The van der Waals surface area contributed by atoms with E-state index in [1.165, 1.54) is 0 Å². The molecule has 1 saturated heterocycles. The van der Waals surface area contributed by atoms with Crippen LogP contribution in [-0.2, 0) is 0 Å². The summed E-state index contributed by atoms with van der Waals surface area (Å²) in [5, 5.41) is 12.9. The molecular formula is C12H19N3O. The van der Waals surface area contributed by atoms with Gasteiger partial charge in [0.2, 0.25) is 0 Å². The number of hydrogen-bond donors (Lipinski definition) is 2. The van der Waals surface area contributed by atoms with Gasteiger partial charge in [0.1, 0.15) is 0 Å². The van der Waals surface area contributed by atoms with Crippen LogP contribution in [0.4, 0.5) is 11.4 Å². The molecule has 16 heavy (non-hydrogen) atoms. The lowest BCUT2D eigenvalue weighted by molar-refractivity contribution is 0.154. The maximum absolute atomic E-state index is 9.64. The van der Waals surface area contributed by atoms with Crippen LogP contribution >= 0.6 is 0 Å². The normalized spacial score (nSPS) is 20.9. The molecule has 1 aliphatic rings. The number of pyridine rings is 1. The Balaban J connectivity index is 2.09. The van der Waals surface area contributed by atoms with Gasteiger partial charge < -0.3 is 15.3 Å². The van der Waals surface area contributed by atoms with E-state index in [-0.39, 0.29) is 6.10 Å². The van der Waals surface area contributed by atoms with E-state index >= 15 is 0 Å². The largest absolute Gasteiger partial charge is 0.391 e. The Bertz CT molecular complexity index is 343. The number of piperidine rings is 1. The van der Waals surface area contributed by atoms with Crippen LogP contribution in [0.1, 0.15) is 19.8 Å². The van der Waals surface area contributed by atoms with Gasteiger partial charge in [0, 0.05) is 19.6 Å². The molecule has 1 aliphatic heterocycles. The van der Waals surface area contributed by atoms with Crippen molar-refractivity contribution in [2.24, 2.45) is 0 Å². The molecule has 1 aromatic rings. The molecule has 88 valence electrons. The van der Waals surface area contributed by atoms with Gasteiger partial charge in [-0.25, -0.2) is 0 Å². The highest BCUT2D eigenvalue weighted by molar-refractivity contribution is 5.55. The number of nitrogens with one attached hydrogen (secondary N) is 1. The Hall–Kier alpha value is -1.29. The molecule has 0 spiro atoms. The minimum Gasteiger partial charge on any atom is -0.391 e. The second-order valence-electron chi connectivity index (χ2n) is 4.20. The van der Waals surface area contributed by atoms with Crippen LogP contribution in [0.3, 0.4) is 0 Å². The number of β-amino-alcohol motifs (C(OH)–C–C–N with tert-alkyl or cyclic N) is 1. The fourth-order valence-electron chi connectivity index (χ4n) is 2.09. The number of aromatic nitrogens is 1. The Morgan fingerprint density at radius 1 is 1.56 bits per heavy atom. The smallest absolute Gasteiger partial charge is 0.0715 e. The molecule has 0 amide bonds. The third-order valence-electron chi connectivity index (χ3n) is 2.87. The predicted molar refractivity (Wildman–Crippen MR) is 65.9 cm³/mol. The van der Waals surface area contributed by atoms with Crippen LogP contribution in [0.15, 0.2) is 18.5 Å². The molecule has 1 atom stereocenters. The number of aliphatic hydroxyl groups is 1. The van der Waals surface area contributed by atoms with Gasteiger partial charge in [-0.05, 0) is 25.8 Å². The molecular weight excluding hydrogens is 202 g/mol. The van der Waals surface area contributed by atoms with E-state index in [1.54, 1.807) is 0 Å². The summed E-state index contributed by atoms with van der Waals surface area (Å²) in [6, 6.07) is 2.09. The highest BCUT2D eigenvalue weighted by atomic mass is 16.3. The summed E-state index contributed by atoms with van der Waals surface area (Å²) in [6.45, 7) is 4.69. The van der Waals surface area contributed by atoms with E-state index in [4.69, 9.17) is 0 Å². The molecule has 0 radical (unpaired) electrons. The van der Waals surface area contributed by atoms with E-state index in [0.29, 0.717) is 0 Å². The lowest BCUT2D eigenvalue weighted by Gasteiger charge is -2.31. The fourth-order valence-corrected chi connectivity index (χ4v) is 2.09. The summed E-state index contributed by atoms with van der Waals surface area (Å²) in [5.74, 6) is 0. The van der Waals surface area contributed by atoms with Gasteiger partial charge in [-0.2, -0.15) is 0 Å². The van der Waals surface area contributed by atoms with Crippen molar-refractivity contribution in [2.45, 2.75) is 25.9 Å². The third kappa shape index (κ3) is 2.64. The zero-order chi connectivity index (χ0) is 11.4. The van der Waals surface area contributed by atoms with Crippen LogP contribution < -0.4 is 10.2 Å². The zero-order valence-corrected chi connectivity index (χ0v) is 9.69. The van der Waals surface area contributed by atoms with Gasteiger partial charge in [0.15, 0.2) is 0 Å². The summed E-state index contributed by atoms with van der Waals surface area (Å²) in [5.41, 5.74) is 2.14. The molecule has 4 nitrogen and oxygen atoms in total. The SMILES string of the molecule is CCNc1cncc(N2CCCC(O)C2)c1. The topological polar surface area (TPSA) is 48.4 Å². The van der Waals surface area contributed by atoms with Crippen molar-refractivity contribution in [3.8, 4) is 0 Å². The minimum absolute atomic E-state index is 0.198. The monoisotopic (exact) mass is 221 g/mol. The first-order chi connectivity index (χ1) is 7.79. The molecule has 0 bridgehead atoms. The molecule has 2 N–H and O–H groups in total. The highest BCUT2D eigenvalue weighted by Crippen LogP contribution is 2.21. The second-order valence-corrected chi connectivity index (χ2v) is 4.20. The third-order valence-corrected chi connectivity index (χ3v) is 2.87. The molecule has 1 unspecified atom stereocenters. The number of nitrogens with zero attached hydrogens (tertiary/aromatic N) is 2. The predicted octanol–water partition coefficient (Wildman–Crippen LogP) is 1.47. The van der Waals surface area contributed by atoms with Crippen molar-refractivity contribution < 1.29 is 5.11 Å². The van der Waals surface area contributed by atoms with Crippen molar-refractivity contribution in [2.75, 3.05) is 29.9 Å². The summed E-state index contributed by atoms with van der Waals surface area (Å²) in [4.78, 5) is 6.41. The zero-order valence-electron chi connectivity index (χ0n) is 9.69.